The molecule has 4 fully saturated rings. The van der Waals surface area contributed by atoms with Crippen LogP contribution in [-0.4, -0.2) is 34.1 Å². The van der Waals surface area contributed by atoms with Gasteiger partial charge in [-0.1, -0.05) is 60.1 Å². The fourth-order valence-corrected chi connectivity index (χ4v) is 11.1. The molecule has 5 aliphatic rings. The van der Waals surface area contributed by atoms with Crippen molar-refractivity contribution in [3.8, 4) is 0 Å². The van der Waals surface area contributed by atoms with Gasteiger partial charge in [-0.25, -0.2) is 0 Å². The third-order valence-electron chi connectivity index (χ3n) is 13.1. The minimum Gasteiger partial charge on any atom is -0.396 e. The Labute approximate surface area is 202 Å². The van der Waals surface area contributed by atoms with E-state index >= 15 is 0 Å². The first-order valence-electron chi connectivity index (χ1n) is 13.9. The second-order valence-electron chi connectivity index (χ2n) is 15.2. The predicted molar refractivity (Wildman–Crippen MR) is 134 cm³/mol. The lowest BCUT2D eigenvalue weighted by Crippen LogP contribution is -2.65. The summed E-state index contributed by atoms with van der Waals surface area (Å²) in [5.41, 5.74) is 1.92. The van der Waals surface area contributed by atoms with Gasteiger partial charge in [-0.05, 0) is 97.2 Å². The van der Waals surface area contributed by atoms with Crippen LogP contribution in [0, 0.1) is 50.2 Å². The Morgan fingerprint density at radius 2 is 1.48 bits per heavy atom. The van der Waals surface area contributed by atoms with Gasteiger partial charge >= 0.3 is 0 Å². The molecule has 4 saturated carbocycles. The van der Waals surface area contributed by atoms with Gasteiger partial charge in [0.2, 0.25) is 0 Å². The first-order valence-corrected chi connectivity index (χ1v) is 13.9. The maximum absolute atomic E-state index is 11.4. The minimum absolute atomic E-state index is 0.0282. The summed E-state index contributed by atoms with van der Waals surface area (Å²) in [5, 5.41) is 32.7. The molecule has 0 heterocycles. The van der Waals surface area contributed by atoms with E-state index in [9.17, 15) is 15.3 Å². The molecular formula is C30H50O3. The Morgan fingerprint density at radius 3 is 2.15 bits per heavy atom. The van der Waals surface area contributed by atoms with Gasteiger partial charge < -0.3 is 15.3 Å². The quantitative estimate of drug-likeness (QED) is 0.415. The molecule has 0 aromatic heterocycles. The molecule has 3 heteroatoms. The molecule has 0 unspecified atom stereocenters. The summed E-state index contributed by atoms with van der Waals surface area (Å²) in [4.78, 5) is 0. The minimum atomic E-state index is -0.389. The van der Waals surface area contributed by atoms with Crippen molar-refractivity contribution < 1.29 is 15.3 Å². The predicted octanol–water partition coefficient (Wildman–Crippen LogP) is 6.11. The standard InChI is InChI=1S/C30H50O3/c1-25(2)16-24(33)29(6)15-10-19-20(30(29,7)17-25)8-9-21-26(19,3)13-11-22-27(21,4)14-12-23(32)28(22,5)18-31/h8,19,21-24,31-33H,9-18H2,1-7H3/t19-,21+,22-,23+,24-,26+,27-,28-,29+,30+/m1/s1. The van der Waals surface area contributed by atoms with Crippen molar-refractivity contribution in [3.63, 3.8) is 0 Å². The molecular weight excluding hydrogens is 408 g/mol. The zero-order chi connectivity index (χ0) is 24.2. The van der Waals surface area contributed by atoms with Crippen LogP contribution in [0.25, 0.3) is 0 Å². The zero-order valence-corrected chi connectivity index (χ0v) is 22.4. The highest BCUT2D eigenvalue weighted by Crippen LogP contribution is 2.74. The van der Waals surface area contributed by atoms with Crippen LogP contribution >= 0.6 is 0 Å². The number of hydrogen-bond acceptors (Lipinski definition) is 3. The number of allylic oxidation sites excluding steroid dienone is 2. The molecule has 5 rings (SSSR count). The SMILES string of the molecule is CC1(C)C[C@@H](O)[C@]2(C)CC[C@@H]3C(=CC[C@@H]4[C@@]5(C)CC[C@H](O)[C@](C)(CO)[C@@H]5CC[C@]43C)[C@]2(C)C1. The highest BCUT2D eigenvalue weighted by Gasteiger charge is 2.68. The van der Waals surface area contributed by atoms with E-state index in [1.54, 1.807) is 5.57 Å². The van der Waals surface area contributed by atoms with E-state index in [2.05, 4.69) is 54.5 Å². The Morgan fingerprint density at radius 1 is 0.818 bits per heavy atom. The number of aliphatic hydroxyl groups excluding tert-OH is 3. The highest BCUT2D eigenvalue weighted by atomic mass is 16.3. The largest absolute Gasteiger partial charge is 0.396 e. The zero-order valence-electron chi connectivity index (χ0n) is 22.4. The van der Waals surface area contributed by atoms with E-state index in [0.717, 1.165) is 38.5 Å². The molecule has 3 N–H and O–H groups in total. The van der Waals surface area contributed by atoms with Crippen molar-refractivity contribution in [3.05, 3.63) is 11.6 Å². The van der Waals surface area contributed by atoms with Crippen molar-refractivity contribution in [2.24, 2.45) is 50.2 Å². The Hall–Kier alpha value is -0.380. The smallest absolute Gasteiger partial charge is 0.0618 e. The lowest BCUT2D eigenvalue weighted by Gasteiger charge is -2.70. The van der Waals surface area contributed by atoms with Crippen molar-refractivity contribution in [1.29, 1.82) is 0 Å². The topological polar surface area (TPSA) is 60.7 Å². The van der Waals surface area contributed by atoms with E-state index in [1.165, 1.54) is 19.3 Å². The van der Waals surface area contributed by atoms with Gasteiger partial charge in [-0.3, -0.25) is 0 Å². The van der Waals surface area contributed by atoms with Crippen LogP contribution in [-0.2, 0) is 0 Å². The lowest BCUT2D eigenvalue weighted by atomic mass is 9.35. The molecule has 0 aliphatic heterocycles. The number of rotatable bonds is 1. The third-order valence-corrected chi connectivity index (χ3v) is 13.1. The summed E-state index contributed by atoms with van der Waals surface area (Å²) in [7, 11) is 0. The first-order chi connectivity index (χ1) is 15.2. The van der Waals surface area contributed by atoms with Gasteiger partial charge in [0.05, 0.1) is 18.8 Å². The van der Waals surface area contributed by atoms with Crippen molar-refractivity contribution in [2.45, 2.75) is 118 Å². The fraction of sp³-hybridized carbons (Fsp3) is 0.933. The Balaban J connectivity index is 1.57. The van der Waals surface area contributed by atoms with Gasteiger partial charge in [0, 0.05) is 10.8 Å². The van der Waals surface area contributed by atoms with Crippen LogP contribution in [0.2, 0.25) is 0 Å². The van der Waals surface area contributed by atoms with Crippen LogP contribution < -0.4 is 0 Å². The van der Waals surface area contributed by atoms with Crippen molar-refractivity contribution in [1.82, 2.24) is 0 Å². The number of fused-ring (bicyclic) bond motifs is 7. The average molecular weight is 459 g/mol. The van der Waals surface area contributed by atoms with Crippen LogP contribution in [0.5, 0.6) is 0 Å². The van der Waals surface area contributed by atoms with Crippen LogP contribution in [0.4, 0.5) is 0 Å². The fourth-order valence-electron chi connectivity index (χ4n) is 11.1. The first kappa shape index (κ1) is 24.3. The Kier molecular flexibility index (Phi) is 5.23. The van der Waals surface area contributed by atoms with E-state index in [0.29, 0.717) is 17.8 Å². The van der Waals surface area contributed by atoms with Gasteiger partial charge in [0.1, 0.15) is 0 Å². The summed E-state index contributed by atoms with van der Waals surface area (Å²) in [5.74, 6) is 1.58. The lowest BCUT2D eigenvalue weighted by molar-refractivity contribution is -0.209. The molecule has 3 nitrogen and oxygen atoms in total. The second-order valence-corrected chi connectivity index (χ2v) is 15.2. The van der Waals surface area contributed by atoms with Crippen LogP contribution in [0.1, 0.15) is 106 Å². The van der Waals surface area contributed by atoms with Crippen LogP contribution in [0.15, 0.2) is 11.6 Å². The summed E-state index contributed by atoms with van der Waals surface area (Å²) in [6.45, 7) is 16.9. The molecule has 0 aromatic rings. The molecule has 0 aromatic carbocycles. The molecule has 5 aliphatic carbocycles. The van der Waals surface area contributed by atoms with Gasteiger partial charge in [-0.15, -0.1) is 0 Å². The van der Waals surface area contributed by atoms with Crippen LogP contribution in [0.3, 0.4) is 0 Å². The van der Waals surface area contributed by atoms with Crippen molar-refractivity contribution in [2.75, 3.05) is 6.61 Å². The molecule has 0 bridgehead atoms. The highest BCUT2D eigenvalue weighted by molar-refractivity contribution is 5.33. The Bertz CT molecular complexity index is 847. The number of hydrogen-bond donors (Lipinski definition) is 3. The summed E-state index contributed by atoms with van der Waals surface area (Å²) in [6.07, 6.45) is 11.7. The molecule has 33 heavy (non-hydrogen) atoms. The van der Waals surface area contributed by atoms with E-state index in [-0.39, 0.29) is 51.3 Å². The summed E-state index contributed by atoms with van der Waals surface area (Å²) < 4.78 is 0. The maximum Gasteiger partial charge on any atom is 0.0618 e. The van der Waals surface area contributed by atoms with E-state index in [1.807, 2.05) is 0 Å². The monoisotopic (exact) mass is 458 g/mol. The maximum atomic E-state index is 11.4. The van der Waals surface area contributed by atoms with Gasteiger partial charge in [0.25, 0.3) is 0 Å². The van der Waals surface area contributed by atoms with Crippen molar-refractivity contribution >= 4 is 0 Å². The van der Waals surface area contributed by atoms with Gasteiger partial charge in [0.15, 0.2) is 0 Å². The molecule has 0 spiro atoms. The number of aliphatic hydroxyl groups is 3. The molecule has 0 saturated heterocycles. The molecule has 188 valence electrons. The molecule has 10 atom stereocenters. The summed E-state index contributed by atoms with van der Waals surface area (Å²) in [6, 6.07) is 0. The summed E-state index contributed by atoms with van der Waals surface area (Å²) >= 11 is 0. The third kappa shape index (κ3) is 2.91. The molecule has 0 radical (unpaired) electrons. The van der Waals surface area contributed by atoms with Gasteiger partial charge in [-0.2, -0.15) is 0 Å². The second kappa shape index (κ2) is 7.10. The van der Waals surface area contributed by atoms with E-state index < -0.39 is 0 Å². The van der Waals surface area contributed by atoms with E-state index in [4.69, 9.17) is 0 Å². The average Bonchev–Trinajstić information content (AvgIpc) is 2.72. The molecule has 0 amide bonds. The normalized spacial score (nSPS) is 57.8.